The number of nitrogens with zero attached hydrogens (tertiary/aromatic N) is 4. The number of ether oxygens (including phenoxy) is 2. The summed E-state index contributed by atoms with van der Waals surface area (Å²) in [7, 11) is 3.78. The molecule has 0 aliphatic carbocycles. The fourth-order valence-corrected chi connectivity index (χ4v) is 3.60. The molecule has 28 heavy (non-hydrogen) atoms. The van der Waals surface area contributed by atoms with Crippen LogP contribution in [0.4, 0.5) is 0 Å². The quantitative estimate of drug-likeness (QED) is 0.428. The minimum absolute atomic E-state index is 0.343. The number of hydrogen-bond acceptors (Lipinski definition) is 4. The Labute approximate surface area is 167 Å². The number of methoxy groups -OCH3 is 1. The number of likely N-dealkylation sites (tertiary alicyclic amines) is 1. The van der Waals surface area contributed by atoms with Gasteiger partial charge in [-0.2, -0.15) is 0 Å². The molecule has 3 rings (SSSR count). The van der Waals surface area contributed by atoms with Crippen LogP contribution in [0.1, 0.15) is 32.0 Å². The maximum absolute atomic E-state index is 5.97. The molecule has 1 aliphatic heterocycles. The number of imidazole rings is 1. The molecule has 1 aromatic carbocycles. The van der Waals surface area contributed by atoms with Gasteiger partial charge < -0.3 is 24.3 Å². The average Bonchev–Trinajstić information content (AvgIpc) is 3.05. The SMILES string of the molecule is CCNC(=NCc1nc2ccccc2n1C)N1CCC(OCCCOC)CC1. The highest BCUT2D eigenvalue weighted by atomic mass is 16.5. The predicted molar refractivity (Wildman–Crippen MR) is 113 cm³/mol. The number of aromatic nitrogens is 2. The normalized spacial score (nSPS) is 16.1. The van der Waals surface area contributed by atoms with Gasteiger partial charge in [-0.05, 0) is 38.3 Å². The van der Waals surface area contributed by atoms with Crippen LogP contribution in [0.25, 0.3) is 11.0 Å². The van der Waals surface area contributed by atoms with Crippen LogP contribution in [0, 0.1) is 0 Å². The first-order valence-electron chi connectivity index (χ1n) is 10.3. The standard InChI is InChI=1S/C21H33N5O2/c1-4-22-21(26-12-10-17(11-13-26)28-15-7-14-27-3)23-16-20-24-18-8-5-6-9-19(18)25(20)2/h5-6,8-9,17H,4,7,10-16H2,1-3H3,(H,22,23). The first kappa shape index (κ1) is 20.6. The van der Waals surface area contributed by atoms with E-state index in [4.69, 9.17) is 19.5 Å². The Balaban J connectivity index is 1.58. The third-order valence-electron chi connectivity index (χ3n) is 5.17. The van der Waals surface area contributed by atoms with Crippen molar-refractivity contribution in [1.82, 2.24) is 19.8 Å². The van der Waals surface area contributed by atoms with Gasteiger partial charge in [-0.25, -0.2) is 9.98 Å². The lowest BCUT2D eigenvalue weighted by molar-refractivity contribution is 0.00990. The number of guanidine groups is 1. The van der Waals surface area contributed by atoms with Gasteiger partial charge in [0.05, 0.1) is 17.1 Å². The first-order valence-corrected chi connectivity index (χ1v) is 10.3. The predicted octanol–water partition coefficient (Wildman–Crippen LogP) is 2.56. The first-order chi connectivity index (χ1) is 13.7. The summed E-state index contributed by atoms with van der Waals surface area (Å²) in [6.45, 7) is 7.00. The molecule has 1 saturated heterocycles. The van der Waals surface area contributed by atoms with Crippen molar-refractivity contribution in [3.63, 3.8) is 0 Å². The highest BCUT2D eigenvalue weighted by Gasteiger charge is 2.22. The number of aryl methyl sites for hydroxylation is 1. The molecule has 0 amide bonds. The van der Waals surface area contributed by atoms with Crippen LogP contribution in [0.5, 0.6) is 0 Å². The van der Waals surface area contributed by atoms with Crippen molar-refractivity contribution in [3.05, 3.63) is 30.1 Å². The Hall–Kier alpha value is -2.12. The lowest BCUT2D eigenvalue weighted by Crippen LogP contribution is -2.47. The fraction of sp³-hybridized carbons (Fsp3) is 0.619. The summed E-state index contributed by atoms with van der Waals surface area (Å²) in [5.41, 5.74) is 2.16. The Morgan fingerprint density at radius 3 is 2.75 bits per heavy atom. The van der Waals surface area contributed by atoms with E-state index in [0.29, 0.717) is 12.6 Å². The van der Waals surface area contributed by atoms with Crippen LogP contribution < -0.4 is 5.32 Å². The van der Waals surface area contributed by atoms with Gasteiger partial charge in [0.15, 0.2) is 5.96 Å². The number of hydrogen-bond donors (Lipinski definition) is 1. The molecule has 0 saturated carbocycles. The molecule has 0 unspecified atom stereocenters. The number of rotatable bonds is 8. The second-order valence-electron chi connectivity index (χ2n) is 7.15. The van der Waals surface area contributed by atoms with Crippen molar-refractivity contribution in [3.8, 4) is 0 Å². The third-order valence-corrected chi connectivity index (χ3v) is 5.17. The van der Waals surface area contributed by atoms with Gasteiger partial charge in [-0.1, -0.05) is 12.1 Å². The van der Waals surface area contributed by atoms with Crippen LogP contribution in [-0.4, -0.2) is 66.5 Å². The second kappa shape index (κ2) is 10.4. The van der Waals surface area contributed by atoms with Gasteiger partial charge in [-0.15, -0.1) is 0 Å². The topological polar surface area (TPSA) is 63.9 Å². The van der Waals surface area contributed by atoms with Crippen molar-refractivity contribution in [1.29, 1.82) is 0 Å². The monoisotopic (exact) mass is 387 g/mol. The summed E-state index contributed by atoms with van der Waals surface area (Å²) in [6, 6.07) is 8.21. The molecular weight excluding hydrogens is 354 g/mol. The van der Waals surface area contributed by atoms with E-state index in [-0.39, 0.29) is 0 Å². The molecule has 2 aromatic rings. The van der Waals surface area contributed by atoms with E-state index in [1.54, 1.807) is 7.11 Å². The Morgan fingerprint density at radius 1 is 1.25 bits per heavy atom. The van der Waals surface area contributed by atoms with Crippen molar-refractivity contribution in [2.24, 2.45) is 12.0 Å². The molecule has 7 nitrogen and oxygen atoms in total. The van der Waals surface area contributed by atoms with Crippen LogP contribution >= 0.6 is 0 Å². The van der Waals surface area contributed by atoms with Gasteiger partial charge in [0.2, 0.25) is 0 Å². The molecule has 2 heterocycles. The van der Waals surface area contributed by atoms with Crippen LogP contribution in [-0.2, 0) is 23.1 Å². The number of aliphatic imine (C=N–C) groups is 1. The zero-order chi connectivity index (χ0) is 19.8. The summed E-state index contributed by atoms with van der Waals surface area (Å²) in [6.07, 6.45) is 3.36. The number of fused-ring (bicyclic) bond motifs is 1. The lowest BCUT2D eigenvalue weighted by Gasteiger charge is -2.34. The Kier molecular flexibility index (Phi) is 7.68. The van der Waals surface area contributed by atoms with Gasteiger partial charge in [0.1, 0.15) is 12.4 Å². The van der Waals surface area contributed by atoms with E-state index < -0.39 is 0 Å². The molecule has 1 aliphatic rings. The molecular formula is C21H33N5O2. The Morgan fingerprint density at radius 2 is 2.04 bits per heavy atom. The van der Waals surface area contributed by atoms with E-state index in [9.17, 15) is 0 Å². The van der Waals surface area contributed by atoms with Crippen LogP contribution in [0.15, 0.2) is 29.3 Å². The molecule has 1 fully saturated rings. The molecule has 7 heteroatoms. The molecule has 154 valence electrons. The van der Waals surface area contributed by atoms with E-state index >= 15 is 0 Å². The van der Waals surface area contributed by atoms with Gasteiger partial charge in [0.25, 0.3) is 0 Å². The van der Waals surface area contributed by atoms with E-state index in [1.165, 1.54) is 0 Å². The molecule has 0 spiro atoms. The highest BCUT2D eigenvalue weighted by molar-refractivity contribution is 5.80. The number of benzene rings is 1. The zero-order valence-electron chi connectivity index (χ0n) is 17.4. The summed E-state index contributed by atoms with van der Waals surface area (Å²) >= 11 is 0. The van der Waals surface area contributed by atoms with E-state index in [0.717, 1.165) is 74.9 Å². The van der Waals surface area contributed by atoms with Gasteiger partial charge in [0, 0.05) is 47.0 Å². The summed E-state index contributed by atoms with van der Waals surface area (Å²) in [5.74, 6) is 1.94. The summed E-state index contributed by atoms with van der Waals surface area (Å²) < 4.78 is 13.2. The summed E-state index contributed by atoms with van der Waals surface area (Å²) in [5, 5.41) is 3.43. The minimum atomic E-state index is 0.343. The average molecular weight is 388 g/mol. The van der Waals surface area contributed by atoms with Crippen LogP contribution in [0.3, 0.4) is 0 Å². The fourth-order valence-electron chi connectivity index (χ4n) is 3.60. The van der Waals surface area contributed by atoms with E-state index in [1.807, 2.05) is 18.2 Å². The molecule has 0 radical (unpaired) electrons. The molecule has 0 atom stereocenters. The van der Waals surface area contributed by atoms with Crippen molar-refractivity contribution >= 4 is 17.0 Å². The second-order valence-corrected chi connectivity index (χ2v) is 7.15. The number of piperidine rings is 1. The minimum Gasteiger partial charge on any atom is -0.385 e. The molecule has 1 aromatic heterocycles. The van der Waals surface area contributed by atoms with Crippen molar-refractivity contribution < 1.29 is 9.47 Å². The van der Waals surface area contributed by atoms with Crippen LogP contribution in [0.2, 0.25) is 0 Å². The summed E-state index contributed by atoms with van der Waals surface area (Å²) in [4.78, 5) is 11.9. The number of para-hydroxylation sites is 2. The lowest BCUT2D eigenvalue weighted by atomic mass is 10.1. The zero-order valence-corrected chi connectivity index (χ0v) is 17.4. The Bertz CT molecular complexity index is 765. The van der Waals surface area contributed by atoms with Gasteiger partial charge >= 0.3 is 0 Å². The van der Waals surface area contributed by atoms with Crippen molar-refractivity contribution in [2.75, 3.05) is 40.0 Å². The maximum Gasteiger partial charge on any atom is 0.194 e. The molecule has 1 N–H and O–H groups in total. The van der Waals surface area contributed by atoms with E-state index in [2.05, 4.69) is 34.8 Å². The smallest absolute Gasteiger partial charge is 0.194 e. The highest BCUT2D eigenvalue weighted by Crippen LogP contribution is 2.16. The third kappa shape index (κ3) is 5.23. The number of nitrogens with one attached hydrogen (secondary N) is 1. The largest absolute Gasteiger partial charge is 0.385 e. The van der Waals surface area contributed by atoms with Gasteiger partial charge in [-0.3, -0.25) is 0 Å². The maximum atomic E-state index is 5.97. The van der Waals surface area contributed by atoms with Crippen molar-refractivity contribution in [2.45, 2.75) is 38.8 Å². The molecule has 0 bridgehead atoms.